The molecule has 0 atom stereocenters. The third kappa shape index (κ3) is 8.52. The predicted molar refractivity (Wildman–Crippen MR) is 342 cm³/mol. The van der Waals surface area contributed by atoms with Gasteiger partial charge in [0, 0.05) is 51.2 Å². The van der Waals surface area contributed by atoms with Gasteiger partial charge in [0.2, 0.25) is 0 Å². The molecule has 0 spiro atoms. The van der Waals surface area contributed by atoms with Crippen molar-refractivity contribution in [3.8, 4) is 11.1 Å². The van der Waals surface area contributed by atoms with Gasteiger partial charge in [-0.25, -0.2) is 0 Å². The van der Waals surface area contributed by atoms with Crippen LogP contribution in [0.4, 0.5) is 51.2 Å². The fourth-order valence-corrected chi connectivity index (χ4v) is 17.7. The Morgan fingerprint density at radius 3 is 1.19 bits per heavy atom. The summed E-state index contributed by atoms with van der Waals surface area (Å²) in [4.78, 5) is 7.68. The highest BCUT2D eigenvalue weighted by Gasteiger charge is 2.48. The molecular weight excluding hydrogens is 970 g/mol. The van der Waals surface area contributed by atoms with Crippen LogP contribution < -0.4 is 51.8 Å². The van der Waals surface area contributed by atoms with E-state index in [-0.39, 0.29) is 17.5 Å². The molecule has 79 heavy (non-hydrogen) atoms. The van der Waals surface area contributed by atoms with E-state index in [4.69, 9.17) is 0 Å². The van der Waals surface area contributed by atoms with E-state index >= 15 is 0 Å². The van der Waals surface area contributed by atoms with Gasteiger partial charge in [-0.1, -0.05) is 254 Å². The van der Waals surface area contributed by atoms with E-state index in [2.05, 4.69) is 335 Å². The third-order valence-corrected chi connectivity index (χ3v) is 21.2. The van der Waals surface area contributed by atoms with Gasteiger partial charge in [-0.2, -0.15) is 0 Å². The molecule has 0 amide bonds. The molecule has 11 aromatic carbocycles. The first-order chi connectivity index (χ1) is 38.5. The number of hydrogen-bond acceptors (Lipinski definition) is 3. The maximum atomic E-state index is 2.65. The second-order valence-corrected chi connectivity index (χ2v) is 27.1. The lowest BCUT2D eigenvalue weighted by molar-refractivity contribution is 0.591. The summed E-state index contributed by atoms with van der Waals surface area (Å²) >= 11 is 0. The molecule has 382 valence electrons. The van der Waals surface area contributed by atoms with Crippen LogP contribution in [0.25, 0.3) is 11.1 Å². The summed E-state index contributed by atoms with van der Waals surface area (Å²) in [5.74, 6) is 0. The van der Waals surface area contributed by atoms with Crippen molar-refractivity contribution in [1.29, 1.82) is 0 Å². The summed E-state index contributed by atoms with van der Waals surface area (Å²) in [5.41, 5.74) is 18.8. The lowest BCUT2D eigenvalue weighted by atomic mass is 9.33. The van der Waals surface area contributed by atoms with Crippen molar-refractivity contribution in [2.75, 3.05) is 14.7 Å². The summed E-state index contributed by atoms with van der Waals surface area (Å²) in [6.07, 6.45) is 0. The second kappa shape index (κ2) is 19.8. The third-order valence-electron chi connectivity index (χ3n) is 16.4. The van der Waals surface area contributed by atoms with Gasteiger partial charge in [0.1, 0.15) is 0 Å². The first-order valence-corrected chi connectivity index (χ1v) is 29.9. The van der Waals surface area contributed by atoms with Crippen molar-refractivity contribution in [2.45, 2.75) is 52.4 Å². The molecule has 0 bridgehead atoms. The van der Waals surface area contributed by atoms with Crippen molar-refractivity contribution in [2.24, 2.45) is 0 Å². The minimum atomic E-state index is -3.00. The topological polar surface area (TPSA) is 9.72 Å². The normalized spacial score (nSPS) is 12.9. The van der Waals surface area contributed by atoms with Crippen LogP contribution in [0.15, 0.2) is 279 Å². The average Bonchev–Trinajstić information content (AvgIpc) is 3.68. The molecule has 0 radical (unpaired) electrons. The van der Waals surface area contributed by atoms with Crippen molar-refractivity contribution in [1.82, 2.24) is 0 Å². The van der Waals surface area contributed by atoms with Crippen LogP contribution in [-0.2, 0) is 10.8 Å². The van der Waals surface area contributed by atoms with Crippen LogP contribution in [0, 0.1) is 0 Å². The highest BCUT2D eigenvalue weighted by Crippen LogP contribution is 2.50. The molecule has 0 unspecified atom stereocenters. The van der Waals surface area contributed by atoms with Gasteiger partial charge >= 0.3 is 0 Å². The maximum absolute atomic E-state index is 3.00. The van der Waals surface area contributed by atoms with Crippen molar-refractivity contribution in [3.05, 3.63) is 290 Å². The molecule has 5 heteroatoms. The van der Waals surface area contributed by atoms with E-state index in [1.165, 1.54) is 87.8 Å². The van der Waals surface area contributed by atoms with E-state index in [0.29, 0.717) is 0 Å². The van der Waals surface area contributed by atoms with Crippen LogP contribution in [0.1, 0.15) is 52.7 Å². The Balaban J connectivity index is 1.19. The standard InChI is InChI=1S/C74H64BN3Si/c1-73(2,3)62-41-25-27-43-66(62)77-68-48-46-61(79(58-35-19-10-20-36-58,59-37-21-11-22-38-59)60-39-23-12-24-40-60)52-65(68)75-64-47-45-57(76(55-31-15-8-16-32-55)56-33-17-9-18-34-56)51-69(64)78(67-44-28-26-42-63(67)74(4,5)6)71-50-54(49-70(77)72(71)75)53-29-13-7-14-30-53/h7-52H,1-6H3. The first kappa shape index (κ1) is 49.7. The smallest absolute Gasteiger partial charge is 0.252 e. The Morgan fingerprint density at radius 2 is 0.722 bits per heavy atom. The lowest BCUT2D eigenvalue weighted by Crippen LogP contribution is -2.75. The van der Waals surface area contributed by atoms with E-state index in [0.717, 1.165) is 22.7 Å². The Morgan fingerprint density at radius 1 is 0.304 bits per heavy atom. The van der Waals surface area contributed by atoms with Crippen molar-refractivity contribution >= 4 is 103 Å². The van der Waals surface area contributed by atoms with Gasteiger partial charge in [0.15, 0.2) is 8.07 Å². The number of fused-ring (bicyclic) bond motifs is 4. The van der Waals surface area contributed by atoms with Gasteiger partial charge in [-0.15, -0.1) is 0 Å². The van der Waals surface area contributed by atoms with E-state index in [9.17, 15) is 0 Å². The largest absolute Gasteiger partial charge is 0.311 e. The van der Waals surface area contributed by atoms with E-state index in [1.807, 2.05) is 0 Å². The Labute approximate surface area is 468 Å². The van der Waals surface area contributed by atoms with Gasteiger partial charge < -0.3 is 14.7 Å². The van der Waals surface area contributed by atoms with E-state index < -0.39 is 8.07 Å². The summed E-state index contributed by atoms with van der Waals surface area (Å²) < 4.78 is 0. The summed E-state index contributed by atoms with van der Waals surface area (Å²) in [6.45, 7) is 14.0. The fourth-order valence-electron chi connectivity index (χ4n) is 12.9. The quantitative estimate of drug-likeness (QED) is 0.0998. The number of nitrogens with zero attached hydrogens (tertiary/aromatic N) is 3. The summed E-state index contributed by atoms with van der Waals surface area (Å²) in [5, 5.41) is 5.41. The molecule has 0 aromatic heterocycles. The lowest BCUT2D eigenvalue weighted by Gasteiger charge is -2.46. The zero-order valence-corrected chi connectivity index (χ0v) is 47.0. The molecule has 0 saturated carbocycles. The number of hydrogen-bond donors (Lipinski definition) is 0. The molecule has 2 aliphatic heterocycles. The Bertz CT molecular complexity index is 3850. The molecule has 3 nitrogen and oxygen atoms in total. The van der Waals surface area contributed by atoms with Gasteiger partial charge in [-0.05, 0) is 137 Å². The predicted octanol–water partition coefficient (Wildman–Crippen LogP) is 14.9. The summed E-state index contributed by atoms with van der Waals surface area (Å²) in [6, 6.07) is 105. The first-order valence-electron chi connectivity index (χ1n) is 27.9. The average molecular weight is 1030 g/mol. The zero-order valence-electron chi connectivity index (χ0n) is 46.0. The number of para-hydroxylation sites is 4. The second-order valence-electron chi connectivity index (χ2n) is 23.3. The highest BCUT2D eigenvalue weighted by atomic mass is 28.3. The van der Waals surface area contributed by atoms with Crippen LogP contribution in [0.3, 0.4) is 0 Å². The maximum Gasteiger partial charge on any atom is 0.252 e. The molecule has 0 aliphatic carbocycles. The van der Waals surface area contributed by atoms with Crippen LogP contribution in [0.5, 0.6) is 0 Å². The SMILES string of the molecule is CC(C)(C)c1ccccc1N1c2ccc([Si](c3ccccc3)(c3ccccc3)c3ccccc3)cc2B2c3ccc(N(c4ccccc4)c4ccccc4)cc3N(c3ccccc3C(C)(C)C)c3cc(-c4ccccc4)cc1c32. The molecule has 0 saturated heterocycles. The van der Waals surface area contributed by atoms with Crippen LogP contribution >= 0.6 is 0 Å². The highest BCUT2D eigenvalue weighted by molar-refractivity contribution is 7.20. The number of rotatable bonds is 10. The van der Waals surface area contributed by atoms with Crippen molar-refractivity contribution in [3.63, 3.8) is 0 Å². The molecular formula is C74H64BN3Si. The fraction of sp³-hybridized carbons (Fsp3) is 0.108. The summed E-state index contributed by atoms with van der Waals surface area (Å²) in [7, 11) is -3.00. The van der Waals surface area contributed by atoms with Crippen molar-refractivity contribution < 1.29 is 0 Å². The van der Waals surface area contributed by atoms with Gasteiger partial charge in [0.05, 0.1) is 0 Å². The van der Waals surface area contributed by atoms with Crippen LogP contribution in [0.2, 0.25) is 0 Å². The minimum absolute atomic E-state index is 0.152. The Hall–Kier alpha value is -8.90. The molecule has 2 aliphatic rings. The molecule has 0 N–H and O–H groups in total. The molecule has 2 heterocycles. The monoisotopic (exact) mass is 1030 g/mol. The molecule has 13 rings (SSSR count). The number of benzene rings is 11. The Kier molecular flexibility index (Phi) is 12.5. The molecule has 0 fully saturated rings. The minimum Gasteiger partial charge on any atom is -0.311 e. The zero-order chi connectivity index (χ0) is 53.9. The van der Waals surface area contributed by atoms with Gasteiger partial charge in [0.25, 0.3) is 6.71 Å². The van der Waals surface area contributed by atoms with E-state index in [1.54, 1.807) is 0 Å². The molecule has 11 aromatic rings. The van der Waals surface area contributed by atoms with Gasteiger partial charge in [-0.3, -0.25) is 0 Å². The number of anilines is 9. The van der Waals surface area contributed by atoms with Crippen LogP contribution in [-0.4, -0.2) is 14.8 Å².